The summed E-state index contributed by atoms with van der Waals surface area (Å²) in [6, 6.07) is 7.95. The van der Waals surface area contributed by atoms with Crippen molar-refractivity contribution in [2.75, 3.05) is 26.2 Å². The summed E-state index contributed by atoms with van der Waals surface area (Å²) < 4.78 is 1.13. The van der Waals surface area contributed by atoms with E-state index >= 15 is 0 Å². The lowest BCUT2D eigenvalue weighted by Crippen LogP contribution is -2.44. The molecule has 0 radical (unpaired) electrons. The molecule has 21 heavy (non-hydrogen) atoms. The van der Waals surface area contributed by atoms with Gasteiger partial charge in [-0.2, -0.15) is 0 Å². The molecule has 1 aromatic carbocycles. The van der Waals surface area contributed by atoms with E-state index in [1.807, 2.05) is 24.3 Å². The van der Waals surface area contributed by atoms with E-state index in [2.05, 4.69) is 32.8 Å². The molecule has 0 spiro atoms. The predicted octanol–water partition coefficient (Wildman–Crippen LogP) is 3.14. The second-order valence-electron chi connectivity index (χ2n) is 6.25. The van der Waals surface area contributed by atoms with Gasteiger partial charge in [-0.05, 0) is 91.4 Å². The summed E-state index contributed by atoms with van der Waals surface area (Å²) >= 11 is 2.27. The van der Waals surface area contributed by atoms with Gasteiger partial charge in [-0.3, -0.25) is 4.79 Å². The largest absolute Gasteiger partial charge is 0.338 e. The van der Waals surface area contributed by atoms with Crippen molar-refractivity contribution in [2.24, 2.45) is 11.8 Å². The normalized spacial score (nSPS) is 24.0. The number of likely N-dealkylation sites (tertiary alicyclic amines) is 1. The summed E-state index contributed by atoms with van der Waals surface area (Å²) in [6.07, 6.45) is 5.00. The molecule has 3 rings (SSSR count). The van der Waals surface area contributed by atoms with Gasteiger partial charge in [-0.1, -0.05) is 6.07 Å². The van der Waals surface area contributed by atoms with E-state index in [9.17, 15) is 4.79 Å². The summed E-state index contributed by atoms with van der Waals surface area (Å²) in [4.78, 5) is 14.8. The van der Waals surface area contributed by atoms with Crippen molar-refractivity contribution in [3.05, 3.63) is 33.4 Å². The first kappa shape index (κ1) is 15.3. The van der Waals surface area contributed by atoms with Crippen LogP contribution < -0.4 is 5.32 Å². The monoisotopic (exact) mass is 398 g/mol. The van der Waals surface area contributed by atoms with Gasteiger partial charge in [0.2, 0.25) is 0 Å². The van der Waals surface area contributed by atoms with Gasteiger partial charge in [-0.15, -0.1) is 0 Å². The minimum atomic E-state index is 0.215. The van der Waals surface area contributed by atoms with Crippen LogP contribution in [0, 0.1) is 15.4 Å². The molecule has 0 saturated carbocycles. The van der Waals surface area contributed by atoms with Gasteiger partial charge >= 0.3 is 0 Å². The molecule has 2 saturated heterocycles. The lowest BCUT2D eigenvalue weighted by Gasteiger charge is -2.38. The SMILES string of the molecule is O=C(c1cccc(I)c1)N1CCCC(C2CCNCC2)C1. The Hall–Kier alpha value is -0.620. The average molecular weight is 398 g/mol. The number of hydrogen-bond donors (Lipinski definition) is 1. The quantitative estimate of drug-likeness (QED) is 0.777. The summed E-state index contributed by atoms with van der Waals surface area (Å²) in [6.45, 7) is 4.17. The first-order valence-electron chi connectivity index (χ1n) is 7.99. The summed E-state index contributed by atoms with van der Waals surface area (Å²) in [5.74, 6) is 1.72. The van der Waals surface area contributed by atoms with Crippen LogP contribution in [0.5, 0.6) is 0 Å². The number of carbonyl (C=O) groups is 1. The molecule has 1 aromatic rings. The van der Waals surface area contributed by atoms with Crippen LogP contribution in [0.3, 0.4) is 0 Å². The van der Waals surface area contributed by atoms with Gasteiger partial charge in [-0.25, -0.2) is 0 Å². The Morgan fingerprint density at radius 3 is 2.76 bits per heavy atom. The van der Waals surface area contributed by atoms with Crippen molar-refractivity contribution in [1.29, 1.82) is 0 Å². The molecule has 114 valence electrons. The highest BCUT2D eigenvalue weighted by atomic mass is 127. The lowest BCUT2D eigenvalue weighted by atomic mass is 9.80. The molecule has 1 N–H and O–H groups in total. The molecule has 2 aliphatic heterocycles. The van der Waals surface area contributed by atoms with Gasteiger partial charge in [0, 0.05) is 22.2 Å². The van der Waals surface area contributed by atoms with E-state index in [-0.39, 0.29) is 5.91 Å². The van der Waals surface area contributed by atoms with Gasteiger partial charge in [0.15, 0.2) is 0 Å². The maximum atomic E-state index is 12.7. The molecule has 1 unspecified atom stereocenters. The van der Waals surface area contributed by atoms with Crippen LogP contribution in [0.1, 0.15) is 36.0 Å². The summed E-state index contributed by atoms with van der Waals surface area (Å²) in [5, 5.41) is 3.44. The van der Waals surface area contributed by atoms with Crippen LogP contribution in [-0.4, -0.2) is 37.0 Å². The molecule has 4 heteroatoms. The van der Waals surface area contributed by atoms with Gasteiger partial charge in [0.25, 0.3) is 5.91 Å². The molecular weight excluding hydrogens is 375 g/mol. The van der Waals surface area contributed by atoms with E-state index < -0.39 is 0 Å². The molecular formula is C17H23IN2O. The Kier molecular flexibility index (Phi) is 5.16. The molecule has 2 fully saturated rings. The molecule has 0 aromatic heterocycles. The average Bonchev–Trinajstić information content (AvgIpc) is 2.55. The topological polar surface area (TPSA) is 32.3 Å². The zero-order valence-corrected chi connectivity index (χ0v) is 14.5. The Morgan fingerprint density at radius 1 is 1.19 bits per heavy atom. The van der Waals surface area contributed by atoms with Crippen molar-refractivity contribution in [2.45, 2.75) is 25.7 Å². The minimum absolute atomic E-state index is 0.215. The zero-order chi connectivity index (χ0) is 14.7. The zero-order valence-electron chi connectivity index (χ0n) is 12.4. The van der Waals surface area contributed by atoms with Gasteiger partial charge in [0.1, 0.15) is 0 Å². The second-order valence-corrected chi connectivity index (χ2v) is 7.50. The van der Waals surface area contributed by atoms with E-state index in [0.29, 0.717) is 5.92 Å². The Morgan fingerprint density at radius 2 is 2.00 bits per heavy atom. The van der Waals surface area contributed by atoms with Crippen LogP contribution in [0.2, 0.25) is 0 Å². The predicted molar refractivity (Wildman–Crippen MR) is 93.4 cm³/mol. The number of rotatable bonds is 2. The number of nitrogens with one attached hydrogen (secondary N) is 1. The Labute approximate surface area is 140 Å². The highest BCUT2D eigenvalue weighted by molar-refractivity contribution is 14.1. The highest BCUT2D eigenvalue weighted by Crippen LogP contribution is 2.30. The summed E-state index contributed by atoms with van der Waals surface area (Å²) in [7, 11) is 0. The number of carbonyl (C=O) groups excluding carboxylic acids is 1. The number of amides is 1. The molecule has 0 bridgehead atoms. The maximum Gasteiger partial charge on any atom is 0.253 e. The maximum absolute atomic E-state index is 12.7. The fraction of sp³-hybridized carbons (Fsp3) is 0.588. The van der Waals surface area contributed by atoms with Crippen LogP contribution >= 0.6 is 22.6 Å². The number of nitrogens with zero attached hydrogens (tertiary/aromatic N) is 1. The Bertz CT molecular complexity index is 499. The van der Waals surface area contributed by atoms with Crippen LogP contribution in [0.25, 0.3) is 0 Å². The first-order valence-corrected chi connectivity index (χ1v) is 9.07. The number of hydrogen-bond acceptors (Lipinski definition) is 2. The van der Waals surface area contributed by atoms with Crippen LogP contribution in [-0.2, 0) is 0 Å². The van der Waals surface area contributed by atoms with E-state index in [0.717, 1.165) is 47.7 Å². The molecule has 3 nitrogen and oxygen atoms in total. The number of halogens is 1. The molecule has 0 aliphatic carbocycles. The molecule has 2 heterocycles. The van der Waals surface area contributed by atoms with Crippen molar-refractivity contribution < 1.29 is 4.79 Å². The second kappa shape index (κ2) is 7.09. The van der Waals surface area contributed by atoms with E-state index in [1.54, 1.807) is 0 Å². The van der Waals surface area contributed by atoms with Crippen LogP contribution in [0.15, 0.2) is 24.3 Å². The van der Waals surface area contributed by atoms with Crippen molar-refractivity contribution >= 4 is 28.5 Å². The fourth-order valence-electron chi connectivity index (χ4n) is 3.70. The first-order chi connectivity index (χ1) is 10.2. The third-order valence-corrected chi connectivity index (χ3v) is 5.54. The van der Waals surface area contributed by atoms with Gasteiger partial charge < -0.3 is 10.2 Å². The van der Waals surface area contributed by atoms with Crippen molar-refractivity contribution in [3.63, 3.8) is 0 Å². The molecule has 1 atom stereocenters. The van der Waals surface area contributed by atoms with E-state index in [4.69, 9.17) is 0 Å². The minimum Gasteiger partial charge on any atom is -0.338 e. The smallest absolute Gasteiger partial charge is 0.253 e. The third kappa shape index (κ3) is 3.77. The van der Waals surface area contributed by atoms with Crippen molar-refractivity contribution in [1.82, 2.24) is 10.2 Å². The van der Waals surface area contributed by atoms with Gasteiger partial charge in [0.05, 0.1) is 0 Å². The third-order valence-electron chi connectivity index (χ3n) is 4.87. The van der Waals surface area contributed by atoms with Crippen molar-refractivity contribution in [3.8, 4) is 0 Å². The number of benzene rings is 1. The highest BCUT2D eigenvalue weighted by Gasteiger charge is 2.30. The molecule has 1 amide bonds. The lowest BCUT2D eigenvalue weighted by molar-refractivity contribution is 0.0605. The number of piperidine rings is 2. The fourth-order valence-corrected chi connectivity index (χ4v) is 4.24. The molecule has 2 aliphatic rings. The standard InChI is InChI=1S/C17H23IN2O/c18-16-5-1-3-14(11-16)17(21)20-10-2-4-15(12-20)13-6-8-19-9-7-13/h1,3,5,11,13,15,19H,2,4,6-10,12H2. The Balaban J connectivity index is 1.66. The van der Waals surface area contributed by atoms with E-state index in [1.165, 1.54) is 19.3 Å². The summed E-state index contributed by atoms with van der Waals surface area (Å²) in [5.41, 5.74) is 0.841. The van der Waals surface area contributed by atoms with Crippen LogP contribution in [0.4, 0.5) is 0 Å².